The van der Waals surface area contributed by atoms with Gasteiger partial charge in [0, 0.05) is 39.3 Å². The minimum Gasteiger partial charge on any atom is -0.369 e. The highest BCUT2D eigenvalue weighted by atomic mass is 127. The molecule has 116 valence electrons. The van der Waals surface area contributed by atoms with Crippen LogP contribution < -0.4 is 5.32 Å². The number of halogens is 1. The van der Waals surface area contributed by atoms with E-state index in [0.717, 1.165) is 50.7 Å². The van der Waals surface area contributed by atoms with Gasteiger partial charge >= 0.3 is 0 Å². The van der Waals surface area contributed by atoms with E-state index in [-0.39, 0.29) is 0 Å². The predicted molar refractivity (Wildman–Crippen MR) is 93.7 cm³/mol. The summed E-state index contributed by atoms with van der Waals surface area (Å²) in [5, 5.41) is 3.47. The molecule has 1 atom stereocenters. The van der Waals surface area contributed by atoms with Crippen LogP contribution in [0.5, 0.6) is 0 Å². The van der Waals surface area contributed by atoms with Crippen molar-refractivity contribution in [3.63, 3.8) is 0 Å². The van der Waals surface area contributed by atoms with E-state index < -0.39 is 0 Å². The van der Waals surface area contributed by atoms with Crippen LogP contribution in [0.25, 0.3) is 0 Å². The Morgan fingerprint density at radius 3 is 2.52 bits per heavy atom. The third kappa shape index (κ3) is 3.17. The highest BCUT2D eigenvalue weighted by molar-refractivity contribution is 14.1. The fraction of sp³-hybridized carbons (Fsp3) is 0.733. The molecule has 6 heteroatoms. The Bertz CT molecular complexity index is 499. The van der Waals surface area contributed by atoms with Crippen LogP contribution in [0.1, 0.15) is 37.8 Å². The van der Waals surface area contributed by atoms with Gasteiger partial charge in [-0.15, -0.1) is 0 Å². The van der Waals surface area contributed by atoms with Gasteiger partial charge in [-0.3, -0.25) is 9.80 Å². The van der Waals surface area contributed by atoms with Crippen LogP contribution >= 0.6 is 22.6 Å². The number of piperazine rings is 3. The maximum Gasteiger partial charge on any atom is 0.149 e. The maximum absolute atomic E-state index is 4.87. The van der Waals surface area contributed by atoms with Crippen molar-refractivity contribution in [3.05, 3.63) is 15.1 Å². The summed E-state index contributed by atoms with van der Waals surface area (Å²) in [6.07, 6.45) is 2.07. The molecule has 0 radical (unpaired) electrons. The monoisotopic (exact) mass is 401 g/mol. The summed E-state index contributed by atoms with van der Waals surface area (Å²) < 4.78 is 1.18. The van der Waals surface area contributed by atoms with Gasteiger partial charge in [-0.1, -0.05) is 13.8 Å². The molecule has 1 aromatic heterocycles. The largest absolute Gasteiger partial charge is 0.369 e. The first kappa shape index (κ1) is 15.4. The van der Waals surface area contributed by atoms with E-state index in [2.05, 4.69) is 51.6 Å². The molecule has 4 heterocycles. The molecular weight excluding hydrogens is 377 g/mol. The minimum absolute atomic E-state index is 0.372. The number of fused-ring (bicyclic) bond motifs is 3. The average Bonchev–Trinajstić information content (AvgIpc) is 2.55. The van der Waals surface area contributed by atoms with Crippen LogP contribution in [-0.2, 0) is 6.42 Å². The normalized spacial score (nSPS) is 27.9. The molecule has 3 saturated heterocycles. The first-order valence-corrected chi connectivity index (χ1v) is 9.07. The SMILES string of the molecule is CCCNc1nc(C2CN3CCN2CC3)nc(CC)c1I. The molecule has 0 aromatic carbocycles. The van der Waals surface area contributed by atoms with Crippen LogP contribution in [0, 0.1) is 3.57 Å². The zero-order valence-electron chi connectivity index (χ0n) is 12.9. The van der Waals surface area contributed by atoms with E-state index in [1.165, 1.54) is 22.4 Å². The molecule has 0 spiro atoms. The standard InChI is InChI=1S/C15H24IN5/c1-3-5-17-15-13(16)11(4-2)18-14(19-15)12-10-20-6-8-21(12)9-7-20/h12H,3-10H2,1-2H3,(H,17,18,19). The molecule has 0 saturated carbocycles. The van der Waals surface area contributed by atoms with Crippen LogP contribution in [-0.4, -0.2) is 59.0 Å². The summed E-state index contributed by atoms with van der Waals surface area (Å²) >= 11 is 2.38. The number of aromatic nitrogens is 2. The van der Waals surface area contributed by atoms with Gasteiger partial charge in [-0.2, -0.15) is 0 Å². The van der Waals surface area contributed by atoms with Crippen molar-refractivity contribution in [3.8, 4) is 0 Å². The van der Waals surface area contributed by atoms with Gasteiger partial charge in [0.05, 0.1) is 15.3 Å². The van der Waals surface area contributed by atoms with Gasteiger partial charge in [0.25, 0.3) is 0 Å². The molecule has 3 aliphatic heterocycles. The molecule has 5 nitrogen and oxygen atoms in total. The van der Waals surface area contributed by atoms with Crippen molar-refractivity contribution < 1.29 is 0 Å². The summed E-state index contributed by atoms with van der Waals surface area (Å²) in [6, 6.07) is 0.372. The third-order valence-electron chi connectivity index (χ3n) is 4.39. The first-order chi connectivity index (χ1) is 10.2. The number of nitrogens with zero attached hydrogens (tertiary/aromatic N) is 4. The first-order valence-electron chi connectivity index (χ1n) is 7.99. The van der Waals surface area contributed by atoms with E-state index >= 15 is 0 Å². The molecule has 1 unspecified atom stereocenters. The van der Waals surface area contributed by atoms with E-state index in [1.807, 2.05) is 0 Å². The lowest BCUT2D eigenvalue weighted by Gasteiger charge is -2.46. The molecule has 4 rings (SSSR count). The zero-order chi connectivity index (χ0) is 14.8. The molecule has 1 N–H and O–H groups in total. The summed E-state index contributed by atoms with van der Waals surface area (Å²) in [7, 11) is 0. The topological polar surface area (TPSA) is 44.3 Å². The van der Waals surface area contributed by atoms with E-state index in [0.29, 0.717) is 6.04 Å². The Hall–Kier alpha value is -0.470. The Labute approximate surface area is 140 Å². The summed E-state index contributed by atoms with van der Waals surface area (Å²) in [6.45, 7) is 11.1. The average molecular weight is 401 g/mol. The van der Waals surface area contributed by atoms with Gasteiger partial charge in [-0.05, 0) is 35.4 Å². The molecular formula is C15H24IN5. The second-order valence-electron chi connectivity index (χ2n) is 5.82. The van der Waals surface area contributed by atoms with E-state index in [1.54, 1.807) is 0 Å². The van der Waals surface area contributed by atoms with Crippen LogP contribution in [0.15, 0.2) is 0 Å². The molecule has 2 bridgehead atoms. The van der Waals surface area contributed by atoms with E-state index in [4.69, 9.17) is 9.97 Å². The van der Waals surface area contributed by atoms with E-state index in [9.17, 15) is 0 Å². The maximum atomic E-state index is 4.87. The van der Waals surface area contributed by atoms with Crippen LogP contribution in [0.4, 0.5) is 5.82 Å². The highest BCUT2D eigenvalue weighted by Crippen LogP contribution is 2.29. The number of rotatable bonds is 5. The van der Waals surface area contributed by atoms with Gasteiger partial charge < -0.3 is 5.32 Å². The Balaban J connectivity index is 1.90. The lowest BCUT2D eigenvalue weighted by atomic mass is 10.1. The third-order valence-corrected chi connectivity index (χ3v) is 5.52. The summed E-state index contributed by atoms with van der Waals surface area (Å²) in [4.78, 5) is 14.8. The number of nitrogens with one attached hydrogen (secondary N) is 1. The van der Waals surface area contributed by atoms with Crippen molar-refractivity contribution in [2.75, 3.05) is 44.6 Å². The minimum atomic E-state index is 0.372. The van der Waals surface area contributed by atoms with Crippen molar-refractivity contribution >= 4 is 28.4 Å². The molecule has 3 aliphatic rings. The Morgan fingerprint density at radius 2 is 1.95 bits per heavy atom. The number of hydrogen-bond acceptors (Lipinski definition) is 5. The number of aryl methyl sites for hydroxylation is 1. The molecule has 0 aliphatic carbocycles. The fourth-order valence-electron chi connectivity index (χ4n) is 3.12. The molecule has 3 fully saturated rings. The van der Waals surface area contributed by atoms with Gasteiger partial charge in [-0.25, -0.2) is 9.97 Å². The Morgan fingerprint density at radius 1 is 1.19 bits per heavy atom. The lowest BCUT2D eigenvalue weighted by molar-refractivity contribution is 0.00860. The van der Waals surface area contributed by atoms with Crippen LogP contribution in [0.3, 0.4) is 0 Å². The predicted octanol–water partition coefficient (Wildman–Crippen LogP) is 2.14. The van der Waals surface area contributed by atoms with Crippen molar-refractivity contribution in [2.45, 2.75) is 32.7 Å². The summed E-state index contributed by atoms with van der Waals surface area (Å²) in [5.74, 6) is 2.03. The lowest BCUT2D eigenvalue weighted by Crippen LogP contribution is -2.57. The van der Waals surface area contributed by atoms with Gasteiger partial charge in [0.15, 0.2) is 0 Å². The second kappa shape index (κ2) is 6.75. The number of hydrogen-bond donors (Lipinski definition) is 1. The van der Waals surface area contributed by atoms with Gasteiger partial charge in [0.1, 0.15) is 11.6 Å². The zero-order valence-corrected chi connectivity index (χ0v) is 15.1. The summed E-state index contributed by atoms with van der Waals surface area (Å²) in [5.41, 5.74) is 1.18. The molecule has 0 amide bonds. The van der Waals surface area contributed by atoms with Gasteiger partial charge in [0.2, 0.25) is 0 Å². The van der Waals surface area contributed by atoms with Crippen molar-refractivity contribution in [1.82, 2.24) is 19.8 Å². The van der Waals surface area contributed by atoms with Crippen LogP contribution in [0.2, 0.25) is 0 Å². The molecule has 1 aromatic rings. The highest BCUT2D eigenvalue weighted by Gasteiger charge is 2.35. The second-order valence-corrected chi connectivity index (χ2v) is 6.90. The quantitative estimate of drug-likeness (QED) is 0.767. The molecule has 21 heavy (non-hydrogen) atoms. The Kier molecular flexibility index (Phi) is 4.96. The van der Waals surface area contributed by atoms with Crippen molar-refractivity contribution in [2.24, 2.45) is 0 Å². The fourth-order valence-corrected chi connectivity index (χ4v) is 3.93. The van der Waals surface area contributed by atoms with Crippen molar-refractivity contribution in [1.29, 1.82) is 0 Å². The number of anilines is 1. The smallest absolute Gasteiger partial charge is 0.149 e.